The summed E-state index contributed by atoms with van der Waals surface area (Å²) < 4.78 is 0. The number of fused-ring (bicyclic) bond motifs is 1. The molecule has 2 heterocycles. The third-order valence-electron chi connectivity index (χ3n) is 8.51. The number of hydrogen-bond acceptors (Lipinski definition) is 4. The number of aliphatic hydroxyl groups is 1. The fourth-order valence-corrected chi connectivity index (χ4v) is 6.93. The predicted octanol–water partition coefficient (Wildman–Crippen LogP) is 2.93. The molecule has 2 aliphatic heterocycles. The van der Waals surface area contributed by atoms with E-state index in [1.807, 2.05) is 23.1 Å². The zero-order valence-electron chi connectivity index (χ0n) is 18.6. The number of nitrogens with two attached hydrogens (primary N) is 1. The quantitative estimate of drug-likeness (QED) is 0.787. The molecule has 0 saturated carbocycles. The van der Waals surface area contributed by atoms with Crippen molar-refractivity contribution >= 4 is 16.7 Å². The number of amides is 1. The first-order valence-corrected chi connectivity index (χ1v) is 11.8. The van der Waals surface area contributed by atoms with Crippen molar-refractivity contribution in [3.63, 3.8) is 0 Å². The van der Waals surface area contributed by atoms with Gasteiger partial charge in [0.25, 0.3) is 5.91 Å². The topological polar surface area (TPSA) is 69.8 Å². The van der Waals surface area contributed by atoms with Crippen molar-refractivity contribution in [2.24, 2.45) is 11.7 Å². The molecule has 5 nitrogen and oxygen atoms in total. The van der Waals surface area contributed by atoms with Crippen LogP contribution in [0.5, 0.6) is 0 Å². The molecular weight excluding hydrogens is 398 g/mol. The van der Waals surface area contributed by atoms with Gasteiger partial charge in [-0.1, -0.05) is 60.7 Å². The molecule has 1 amide bonds. The summed E-state index contributed by atoms with van der Waals surface area (Å²) in [7, 11) is 0. The second-order valence-corrected chi connectivity index (χ2v) is 10.1. The minimum atomic E-state index is -1.52. The summed E-state index contributed by atoms with van der Waals surface area (Å²) in [5, 5.41) is 14.0. The molecule has 6 rings (SSSR count). The normalized spacial score (nSPS) is 34.6. The van der Waals surface area contributed by atoms with Crippen molar-refractivity contribution < 1.29 is 9.90 Å². The second kappa shape index (κ2) is 7.01. The molecule has 2 fully saturated rings. The van der Waals surface area contributed by atoms with Crippen molar-refractivity contribution in [1.82, 2.24) is 9.80 Å². The van der Waals surface area contributed by atoms with E-state index in [-0.39, 0.29) is 24.4 Å². The molecule has 3 N–H and O–H groups in total. The van der Waals surface area contributed by atoms with Crippen LogP contribution >= 0.6 is 0 Å². The highest BCUT2D eigenvalue weighted by Gasteiger charge is 2.63. The molecule has 166 valence electrons. The van der Waals surface area contributed by atoms with Crippen molar-refractivity contribution in [2.45, 2.75) is 49.4 Å². The maximum atomic E-state index is 13.5. The van der Waals surface area contributed by atoms with E-state index >= 15 is 0 Å². The van der Waals surface area contributed by atoms with Gasteiger partial charge in [0.05, 0.1) is 5.54 Å². The average Bonchev–Trinajstić information content (AvgIpc) is 3.27. The van der Waals surface area contributed by atoms with Gasteiger partial charge in [0.2, 0.25) is 0 Å². The van der Waals surface area contributed by atoms with Crippen molar-refractivity contribution in [2.75, 3.05) is 19.6 Å². The second-order valence-electron chi connectivity index (χ2n) is 10.1. The number of hydrogen-bond donors (Lipinski definition) is 2. The van der Waals surface area contributed by atoms with Crippen LogP contribution in [0.4, 0.5) is 0 Å². The summed E-state index contributed by atoms with van der Waals surface area (Å²) in [6, 6.07) is 13.8. The number of carbonyl (C=O) groups excluding carboxylic acids is 1. The van der Waals surface area contributed by atoms with E-state index in [2.05, 4.69) is 54.3 Å². The average molecular weight is 430 g/mol. The first-order valence-electron chi connectivity index (χ1n) is 11.8. The van der Waals surface area contributed by atoms with Crippen LogP contribution in [0, 0.1) is 5.92 Å². The van der Waals surface area contributed by atoms with Gasteiger partial charge >= 0.3 is 0 Å². The number of nitrogens with zero attached hydrogens (tertiary/aromatic N) is 2. The minimum Gasteiger partial charge on any atom is -0.378 e. The lowest BCUT2D eigenvalue weighted by Gasteiger charge is -2.46. The third kappa shape index (κ3) is 2.59. The maximum Gasteiger partial charge on any atom is 0.257 e. The van der Waals surface area contributed by atoms with Crippen LogP contribution in [0.3, 0.4) is 0 Å². The van der Waals surface area contributed by atoms with Crippen molar-refractivity contribution in [1.29, 1.82) is 0 Å². The van der Waals surface area contributed by atoms with E-state index in [1.54, 1.807) is 0 Å². The summed E-state index contributed by atoms with van der Waals surface area (Å²) >= 11 is 0. The van der Waals surface area contributed by atoms with Gasteiger partial charge < -0.3 is 15.7 Å². The van der Waals surface area contributed by atoms with Gasteiger partial charge in [-0.05, 0) is 48.1 Å². The Morgan fingerprint density at radius 1 is 1.12 bits per heavy atom. The Hall–Kier alpha value is -2.47. The lowest BCUT2D eigenvalue weighted by molar-refractivity contribution is -0.147. The fourth-order valence-electron chi connectivity index (χ4n) is 6.93. The molecule has 0 aromatic heterocycles. The Balaban J connectivity index is 1.24. The Kier molecular flexibility index (Phi) is 4.42. The highest BCUT2D eigenvalue weighted by atomic mass is 16.3. The zero-order valence-corrected chi connectivity index (χ0v) is 18.6. The van der Waals surface area contributed by atoms with Crippen LogP contribution in [0.2, 0.25) is 0 Å². The third-order valence-corrected chi connectivity index (χ3v) is 8.51. The monoisotopic (exact) mass is 429 g/mol. The molecule has 4 aliphatic rings. The molecule has 2 aromatic carbocycles. The van der Waals surface area contributed by atoms with Crippen LogP contribution < -0.4 is 5.73 Å². The molecule has 32 heavy (non-hydrogen) atoms. The standard InChI is InChI=1S/C27H31N3O2/c1-26-13-3-2-10-23(26)27(32,17-28)25(31)30(26)20-11-14-29(15-12-20)22-16-19-8-4-6-18-7-5-9-21(22)24(18)19/h2-10,13,20,22-23,32H,11-12,14-17,28H2,1H3. The van der Waals surface area contributed by atoms with Crippen LogP contribution in [-0.2, 0) is 11.2 Å². The number of allylic oxidation sites excluding steroid dienone is 2. The minimum absolute atomic E-state index is 0.0516. The lowest BCUT2D eigenvalue weighted by Crippen LogP contribution is -2.55. The first kappa shape index (κ1) is 20.2. The Labute approximate surface area is 189 Å². The highest BCUT2D eigenvalue weighted by Crippen LogP contribution is 2.48. The maximum absolute atomic E-state index is 13.5. The van der Waals surface area contributed by atoms with Gasteiger partial charge in [0, 0.05) is 37.6 Å². The van der Waals surface area contributed by atoms with E-state index in [9.17, 15) is 9.90 Å². The summed E-state index contributed by atoms with van der Waals surface area (Å²) in [4.78, 5) is 18.0. The SMILES string of the molecule is CC12C=CC=CC1C(O)(CN)C(=O)N2C1CCN(C2Cc3cccc4cccc2c34)CC1. The summed E-state index contributed by atoms with van der Waals surface area (Å²) in [6.07, 6.45) is 10.8. The van der Waals surface area contributed by atoms with Gasteiger partial charge in [-0.3, -0.25) is 9.69 Å². The van der Waals surface area contributed by atoms with Crippen LogP contribution in [-0.4, -0.2) is 57.6 Å². The van der Waals surface area contributed by atoms with Gasteiger partial charge in [-0.15, -0.1) is 0 Å². The molecule has 2 aromatic rings. The van der Waals surface area contributed by atoms with Crippen LogP contribution in [0.15, 0.2) is 60.7 Å². The molecule has 4 atom stereocenters. The van der Waals surface area contributed by atoms with Crippen LogP contribution in [0.1, 0.15) is 36.9 Å². The molecule has 2 saturated heterocycles. The number of likely N-dealkylation sites (tertiary alicyclic amines) is 2. The Morgan fingerprint density at radius 3 is 2.62 bits per heavy atom. The number of piperidine rings is 1. The molecule has 0 radical (unpaired) electrons. The zero-order chi connectivity index (χ0) is 22.1. The first-order chi connectivity index (χ1) is 15.5. The van der Waals surface area contributed by atoms with E-state index in [0.717, 1.165) is 32.4 Å². The molecular formula is C27H31N3O2. The summed E-state index contributed by atoms with van der Waals surface area (Å²) in [6.45, 7) is 3.92. The summed E-state index contributed by atoms with van der Waals surface area (Å²) in [5.41, 5.74) is 6.78. The van der Waals surface area contributed by atoms with E-state index < -0.39 is 11.1 Å². The smallest absolute Gasteiger partial charge is 0.257 e. The molecule has 4 unspecified atom stereocenters. The lowest BCUT2D eigenvalue weighted by atomic mass is 9.75. The number of benzene rings is 2. The van der Waals surface area contributed by atoms with Gasteiger partial charge in [-0.2, -0.15) is 0 Å². The van der Waals surface area contributed by atoms with E-state index in [4.69, 9.17) is 5.73 Å². The number of carbonyl (C=O) groups is 1. The van der Waals surface area contributed by atoms with Crippen molar-refractivity contribution in [3.8, 4) is 0 Å². The van der Waals surface area contributed by atoms with Crippen LogP contribution in [0.25, 0.3) is 10.8 Å². The molecule has 0 bridgehead atoms. The van der Waals surface area contributed by atoms with Gasteiger partial charge in [-0.25, -0.2) is 0 Å². The largest absolute Gasteiger partial charge is 0.378 e. The van der Waals surface area contributed by atoms with Crippen molar-refractivity contribution in [3.05, 3.63) is 71.8 Å². The molecule has 2 aliphatic carbocycles. The molecule has 5 heteroatoms. The summed E-state index contributed by atoms with van der Waals surface area (Å²) in [5.74, 6) is -0.516. The van der Waals surface area contributed by atoms with Gasteiger partial charge in [0.15, 0.2) is 5.60 Å². The van der Waals surface area contributed by atoms with E-state index in [0.29, 0.717) is 6.04 Å². The highest BCUT2D eigenvalue weighted by molar-refractivity contribution is 5.92. The number of rotatable bonds is 3. The van der Waals surface area contributed by atoms with Gasteiger partial charge in [0.1, 0.15) is 0 Å². The Bertz CT molecular complexity index is 1140. The fraction of sp³-hybridized carbons (Fsp3) is 0.444. The predicted molar refractivity (Wildman–Crippen MR) is 126 cm³/mol. The Morgan fingerprint density at radius 2 is 1.88 bits per heavy atom. The van der Waals surface area contributed by atoms with E-state index in [1.165, 1.54) is 21.9 Å². The molecule has 0 spiro atoms.